The number of ether oxygens (including phenoxy) is 1. The molecule has 92 valence electrons. The van der Waals surface area contributed by atoms with Crippen LogP contribution in [-0.4, -0.2) is 18.4 Å². The molecule has 1 aromatic rings. The van der Waals surface area contributed by atoms with Gasteiger partial charge in [-0.05, 0) is 31.4 Å². The molecule has 2 rings (SSSR count). The van der Waals surface area contributed by atoms with Gasteiger partial charge in [-0.2, -0.15) is 0 Å². The standard InChI is InChI=1S/C13H16FNO2/c14-11-8-4-5-9-12(11)17-13(16)15-10-6-2-1-3-7-10/h1-3,6-7,11-12H,4-5,8-9H2,(H,15,16)/t11-,12-/m1/s1. The van der Waals surface area contributed by atoms with Crippen molar-refractivity contribution in [3.63, 3.8) is 0 Å². The highest BCUT2D eigenvalue weighted by atomic mass is 19.1. The van der Waals surface area contributed by atoms with E-state index in [1.807, 2.05) is 18.2 Å². The lowest BCUT2D eigenvalue weighted by Gasteiger charge is -2.25. The average Bonchev–Trinajstić information content (AvgIpc) is 2.33. The molecule has 1 amide bonds. The molecule has 0 unspecified atom stereocenters. The predicted octanol–water partition coefficient (Wildman–Crippen LogP) is 3.52. The van der Waals surface area contributed by atoms with Gasteiger partial charge in [-0.25, -0.2) is 9.18 Å². The molecule has 0 saturated heterocycles. The third-order valence-electron chi connectivity index (χ3n) is 2.90. The molecule has 17 heavy (non-hydrogen) atoms. The Morgan fingerprint density at radius 1 is 1.24 bits per heavy atom. The van der Waals surface area contributed by atoms with E-state index >= 15 is 0 Å². The first-order valence-electron chi connectivity index (χ1n) is 5.92. The molecule has 0 heterocycles. The van der Waals surface area contributed by atoms with Crippen LogP contribution in [0.5, 0.6) is 0 Å². The highest BCUT2D eigenvalue weighted by Crippen LogP contribution is 2.24. The van der Waals surface area contributed by atoms with Gasteiger partial charge in [-0.1, -0.05) is 24.6 Å². The summed E-state index contributed by atoms with van der Waals surface area (Å²) in [4.78, 5) is 11.5. The average molecular weight is 237 g/mol. The van der Waals surface area contributed by atoms with E-state index in [0.29, 0.717) is 18.5 Å². The third-order valence-corrected chi connectivity index (χ3v) is 2.90. The summed E-state index contributed by atoms with van der Waals surface area (Å²) >= 11 is 0. The number of benzene rings is 1. The van der Waals surface area contributed by atoms with Gasteiger partial charge in [0, 0.05) is 5.69 Å². The Balaban J connectivity index is 1.84. The molecule has 0 spiro atoms. The minimum Gasteiger partial charge on any atom is -0.443 e. The molecule has 1 aromatic carbocycles. The molecular weight excluding hydrogens is 221 g/mol. The number of nitrogens with one attached hydrogen (secondary N) is 1. The number of hydrogen-bond donors (Lipinski definition) is 1. The summed E-state index contributed by atoms with van der Waals surface area (Å²) in [5, 5.41) is 2.58. The van der Waals surface area contributed by atoms with Crippen LogP contribution in [-0.2, 0) is 4.74 Å². The molecule has 2 atom stereocenters. The number of hydrogen-bond acceptors (Lipinski definition) is 2. The zero-order chi connectivity index (χ0) is 12.1. The molecule has 0 aliphatic heterocycles. The molecule has 1 N–H and O–H groups in total. The summed E-state index contributed by atoms with van der Waals surface area (Å²) in [6, 6.07) is 9.00. The predicted molar refractivity (Wildman–Crippen MR) is 63.7 cm³/mol. The van der Waals surface area contributed by atoms with E-state index in [1.54, 1.807) is 12.1 Å². The summed E-state index contributed by atoms with van der Waals surface area (Å²) in [5.41, 5.74) is 0.656. The van der Waals surface area contributed by atoms with Crippen LogP contribution in [0.2, 0.25) is 0 Å². The van der Waals surface area contributed by atoms with Crippen molar-refractivity contribution in [2.45, 2.75) is 38.0 Å². The second-order valence-electron chi connectivity index (χ2n) is 4.24. The van der Waals surface area contributed by atoms with Crippen molar-refractivity contribution < 1.29 is 13.9 Å². The molecule has 0 aromatic heterocycles. The summed E-state index contributed by atoms with van der Waals surface area (Å²) < 4.78 is 18.5. The fourth-order valence-electron chi connectivity index (χ4n) is 1.99. The van der Waals surface area contributed by atoms with E-state index in [-0.39, 0.29) is 0 Å². The topological polar surface area (TPSA) is 38.3 Å². The summed E-state index contributed by atoms with van der Waals surface area (Å²) in [6.07, 6.45) is 0.709. The Labute approximate surface area is 100.0 Å². The van der Waals surface area contributed by atoms with Gasteiger partial charge in [-0.3, -0.25) is 5.32 Å². The van der Waals surface area contributed by atoms with E-state index in [1.165, 1.54) is 0 Å². The fourth-order valence-corrected chi connectivity index (χ4v) is 1.99. The lowest BCUT2D eigenvalue weighted by molar-refractivity contribution is 0.0272. The second kappa shape index (κ2) is 5.66. The van der Waals surface area contributed by atoms with Crippen LogP contribution in [0.1, 0.15) is 25.7 Å². The molecule has 4 heteroatoms. The van der Waals surface area contributed by atoms with Crippen molar-refractivity contribution in [2.75, 3.05) is 5.32 Å². The Hall–Kier alpha value is -1.58. The van der Waals surface area contributed by atoms with E-state index in [4.69, 9.17) is 4.74 Å². The van der Waals surface area contributed by atoms with Gasteiger partial charge in [0.25, 0.3) is 0 Å². The number of carbonyl (C=O) groups excluding carboxylic acids is 1. The van der Waals surface area contributed by atoms with E-state index < -0.39 is 18.4 Å². The summed E-state index contributed by atoms with van der Waals surface area (Å²) in [6.45, 7) is 0. The molecule has 0 radical (unpaired) electrons. The molecule has 1 fully saturated rings. The van der Waals surface area contributed by atoms with Crippen molar-refractivity contribution >= 4 is 11.8 Å². The van der Waals surface area contributed by atoms with E-state index in [0.717, 1.165) is 12.8 Å². The number of para-hydroxylation sites is 1. The van der Waals surface area contributed by atoms with Crippen molar-refractivity contribution in [1.29, 1.82) is 0 Å². The van der Waals surface area contributed by atoms with Crippen LogP contribution in [0.3, 0.4) is 0 Å². The van der Waals surface area contributed by atoms with Crippen LogP contribution in [0.4, 0.5) is 14.9 Å². The first-order valence-corrected chi connectivity index (χ1v) is 5.92. The van der Waals surface area contributed by atoms with Crippen LogP contribution in [0, 0.1) is 0 Å². The van der Waals surface area contributed by atoms with Crippen LogP contribution in [0.25, 0.3) is 0 Å². The van der Waals surface area contributed by atoms with Crippen molar-refractivity contribution in [3.8, 4) is 0 Å². The van der Waals surface area contributed by atoms with E-state index in [2.05, 4.69) is 5.32 Å². The Bertz CT molecular complexity index is 369. The Morgan fingerprint density at radius 3 is 2.65 bits per heavy atom. The number of anilines is 1. The van der Waals surface area contributed by atoms with Gasteiger partial charge in [-0.15, -0.1) is 0 Å². The zero-order valence-corrected chi connectivity index (χ0v) is 9.56. The molecule has 1 saturated carbocycles. The number of amides is 1. The lowest BCUT2D eigenvalue weighted by atomic mass is 9.96. The van der Waals surface area contributed by atoms with Gasteiger partial charge < -0.3 is 4.74 Å². The quantitative estimate of drug-likeness (QED) is 0.854. The van der Waals surface area contributed by atoms with Gasteiger partial charge in [0.2, 0.25) is 0 Å². The number of alkyl halides is 1. The maximum Gasteiger partial charge on any atom is 0.411 e. The smallest absolute Gasteiger partial charge is 0.411 e. The normalized spacial score (nSPS) is 24.1. The second-order valence-corrected chi connectivity index (χ2v) is 4.24. The molecule has 1 aliphatic carbocycles. The minimum absolute atomic E-state index is 0.489. The van der Waals surface area contributed by atoms with Crippen molar-refractivity contribution in [3.05, 3.63) is 30.3 Å². The molecule has 0 bridgehead atoms. The van der Waals surface area contributed by atoms with Gasteiger partial charge in [0.05, 0.1) is 0 Å². The lowest BCUT2D eigenvalue weighted by Crippen LogP contribution is -2.33. The van der Waals surface area contributed by atoms with Gasteiger partial charge >= 0.3 is 6.09 Å². The number of rotatable bonds is 2. The molecule has 3 nitrogen and oxygen atoms in total. The highest BCUT2D eigenvalue weighted by molar-refractivity contribution is 5.84. The first kappa shape index (κ1) is 11.9. The van der Waals surface area contributed by atoms with Crippen molar-refractivity contribution in [2.24, 2.45) is 0 Å². The summed E-state index contributed by atoms with van der Waals surface area (Å²) in [5.74, 6) is 0. The van der Waals surface area contributed by atoms with Crippen molar-refractivity contribution in [1.82, 2.24) is 0 Å². The number of carbonyl (C=O) groups is 1. The highest BCUT2D eigenvalue weighted by Gasteiger charge is 2.27. The molecular formula is C13H16FNO2. The molecule has 1 aliphatic rings. The number of halogens is 1. The fraction of sp³-hybridized carbons (Fsp3) is 0.462. The maximum absolute atomic E-state index is 13.4. The van der Waals surface area contributed by atoms with Crippen LogP contribution >= 0.6 is 0 Å². The SMILES string of the molecule is O=C(Nc1ccccc1)O[C@@H]1CCCC[C@H]1F. The van der Waals surface area contributed by atoms with Gasteiger partial charge in [0.1, 0.15) is 12.3 Å². The Kier molecular flexibility index (Phi) is 3.96. The monoisotopic (exact) mass is 237 g/mol. The largest absolute Gasteiger partial charge is 0.443 e. The summed E-state index contributed by atoms with van der Waals surface area (Å²) in [7, 11) is 0. The maximum atomic E-state index is 13.4. The van der Waals surface area contributed by atoms with E-state index in [9.17, 15) is 9.18 Å². The van der Waals surface area contributed by atoms with Gasteiger partial charge in [0.15, 0.2) is 0 Å². The zero-order valence-electron chi connectivity index (χ0n) is 9.56. The Morgan fingerprint density at radius 2 is 1.94 bits per heavy atom. The van der Waals surface area contributed by atoms with Crippen LogP contribution in [0.15, 0.2) is 30.3 Å². The van der Waals surface area contributed by atoms with Crippen LogP contribution < -0.4 is 5.32 Å². The minimum atomic E-state index is -1.02. The first-order chi connectivity index (χ1) is 8.25. The third kappa shape index (κ3) is 3.44.